The molecule has 0 saturated carbocycles. The lowest BCUT2D eigenvalue weighted by molar-refractivity contribution is -0.140. The normalized spacial score (nSPS) is 13.6. The minimum Gasteiger partial charge on any atom is -0.480 e. The zero-order chi connectivity index (χ0) is 11.6. The summed E-state index contributed by atoms with van der Waals surface area (Å²) in [5.74, 6) is -1.03. The van der Waals surface area contributed by atoms with Gasteiger partial charge in [-0.3, -0.25) is 4.79 Å². The summed E-state index contributed by atoms with van der Waals surface area (Å²) in [5.41, 5.74) is 5.58. The molecule has 0 fully saturated rings. The molecule has 0 aliphatic heterocycles. The van der Waals surface area contributed by atoms with Gasteiger partial charge < -0.3 is 10.8 Å². The fourth-order valence-electron chi connectivity index (χ4n) is 1.24. The lowest BCUT2D eigenvalue weighted by atomic mass is 9.81. The fraction of sp³-hybridized carbons (Fsp3) is 0.400. The highest BCUT2D eigenvalue weighted by atomic mass is 79.9. The van der Waals surface area contributed by atoms with E-state index in [-0.39, 0.29) is 0 Å². The Kier molecular flexibility index (Phi) is 3.46. The van der Waals surface area contributed by atoms with E-state index in [4.69, 9.17) is 10.8 Å². The van der Waals surface area contributed by atoms with Crippen molar-refractivity contribution in [2.45, 2.75) is 25.3 Å². The average molecular weight is 273 g/mol. The van der Waals surface area contributed by atoms with Crippen LogP contribution in [0.25, 0.3) is 0 Å². The third kappa shape index (κ3) is 2.54. The number of rotatable bonds is 3. The van der Waals surface area contributed by atoms with E-state index in [0.717, 1.165) is 0 Å². The van der Waals surface area contributed by atoms with E-state index >= 15 is 0 Å². The monoisotopic (exact) mass is 272 g/mol. The molecule has 1 aromatic heterocycles. The Labute approximate surface area is 96.6 Å². The van der Waals surface area contributed by atoms with E-state index in [0.29, 0.717) is 10.3 Å². The van der Waals surface area contributed by atoms with E-state index in [9.17, 15) is 4.79 Å². The van der Waals surface area contributed by atoms with Crippen LogP contribution in [0.5, 0.6) is 0 Å². The van der Waals surface area contributed by atoms with Crippen LogP contribution in [0.1, 0.15) is 19.5 Å². The Morgan fingerprint density at radius 2 is 2.20 bits per heavy atom. The Hall–Kier alpha value is -0.940. The molecule has 0 saturated heterocycles. The highest BCUT2D eigenvalue weighted by molar-refractivity contribution is 9.10. The Morgan fingerprint density at radius 3 is 2.67 bits per heavy atom. The summed E-state index contributed by atoms with van der Waals surface area (Å²) in [5, 5.41) is 8.88. The molecular formula is C10H13BrN2O2. The molecular weight excluding hydrogens is 260 g/mol. The lowest BCUT2D eigenvalue weighted by Crippen LogP contribution is -2.47. The van der Waals surface area contributed by atoms with Gasteiger partial charge in [-0.15, -0.1) is 0 Å². The summed E-state index contributed by atoms with van der Waals surface area (Å²) in [6.07, 6.45) is 0. The number of halogens is 1. The summed E-state index contributed by atoms with van der Waals surface area (Å²) in [6, 6.07) is 4.39. The molecule has 4 nitrogen and oxygen atoms in total. The Balaban J connectivity index is 3.10. The van der Waals surface area contributed by atoms with Crippen LogP contribution < -0.4 is 5.73 Å². The van der Waals surface area contributed by atoms with E-state index in [2.05, 4.69) is 20.9 Å². The topological polar surface area (TPSA) is 76.2 Å². The van der Waals surface area contributed by atoms with Crippen LogP contribution in [-0.4, -0.2) is 22.1 Å². The van der Waals surface area contributed by atoms with Crippen LogP contribution in [-0.2, 0) is 10.2 Å². The SMILES string of the molecule is CC(C)(c1cccc(Br)n1)C(N)C(=O)O. The van der Waals surface area contributed by atoms with Crippen molar-refractivity contribution < 1.29 is 9.90 Å². The molecule has 1 heterocycles. The van der Waals surface area contributed by atoms with E-state index in [1.54, 1.807) is 26.0 Å². The summed E-state index contributed by atoms with van der Waals surface area (Å²) in [6.45, 7) is 3.53. The number of aromatic nitrogens is 1. The second-order valence-electron chi connectivity index (χ2n) is 3.88. The van der Waals surface area contributed by atoms with Gasteiger partial charge in [0.05, 0.1) is 0 Å². The van der Waals surface area contributed by atoms with Crippen molar-refractivity contribution >= 4 is 21.9 Å². The van der Waals surface area contributed by atoms with Gasteiger partial charge in [0.25, 0.3) is 0 Å². The van der Waals surface area contributed by atoms with Crippen molar-refractivity contribution in [3.05, 3.63) is 28.5 Å². The molecule has 5 heteroatoms. The molecule has 1 unspecified atom stereocenters. The van der Waals surface area contributed by atoms with Gasteiger partial charge in [-0.05, 0) is 28.1 Å². The number of carbonyl (C=O) groups is 1. The first-order chi connectivity index (χ1) is 6.85. The molecule has 82 valence electrons. The van der Waals surface area contributed by atoms with Gasteiger partial charge in [0.15, 0.2) is 0 Å². The fourth-order valence-corrected chi connectivity index (χ4v) is 1.58. The maximum absolute atomic E-state index is 10.8. The second kappa shape index (κ2) is 4.28. The van der Waals surface area contributed by atoms with Crippen molar-refractivity contribution in [3.8, 4) is 0 Å². The molecule has 0 bridgehead atoms. The highest BCUT2D eigenvalue weighted by Gasteiger charge is 2.34. The van der Waals surface area contributed by atoms with Crippen molar-refractivity contribution in [2.75, 3.05) is 0 Å². The number of hydrogen-bond donors (Lipinski definition) is 2. The predicted molar refractivity (Wildman–Crippen MR) is 60.6 cm³/mol. The van der Waals surface area contributed by atoms with Crippen LogP contribution in [0.4, 0.5) is 0 Å². The molecule has 15 heavy (non-hydrogen) atoms. The molecule has 1 aromatic rings. The van der Waals surface area contributed by atoms with Gasteiger partial charge in [-0.2, -0.15) is 0 Å². The van der Waals surface area contributed by atoms with Crippen LogP contribution >= 0.6 is 15.9 Å². The van der Waals surface area contributed by atoms with Gasteiger partial charge in [0.1, 0.15) is 10.6 Å². The van der Waals surface area contributed by atoms with Crippen molar-refractivity contribution in [2.24, 2.45) is 5.73 Å². The molecule has 0 spiro atoms. The van der Waals surface area contributed by atoms with Crippen molar-refractivity contribution in [1.29, 1.82) is 0 Å². The maximum Gasteiger partial charge on any atom is 0.321 e. The average Bonchev–Trinajstić information content (AvgIpc) is 2.16. The summed E-state index contributed by atoms with van der Waals surface area (Å²) in [7, 11) is 0. The van der Waals surface area contributed by atoms with Gasteiger partial charge in [0, 0.05) is 11.1 Å². The van der Waals surface area contributed by atoms with E-state index < -0.39 is 17.4 Å². The van der Waals surface area contributed by atoms with Crippen LogP contribution in [0.3, 0.4) is 0 Å². The smallest absolute Gasteiger partial charge is 0.321 e. The van der Waals surface area contributed by atoms with Gasteiger partial charge in [0.2, 0.25) is 0 Å². The molecule has 0 aliphatic carbocycles. The molecule has 0 aliphatic rings. The van der Waals surface area contributed by atoms with E-state index in [1.807, 2.05) is 6.07 Å². The highest BCUT2D eigenvalue weighted by Crippen LogP contribution is 2.25. The number of nitrogens with two attached hydrogens (primary N) is 1. The first kappa shape index (κ1) is 12.1. The summed E-state index contributed by atoms with van der Waals surface area (Å²) >= 11 is 3.24. The molecule has 0 amide bonds. The minimum atomic E-state index is -1.03. The van der Waals surface area contributed by atoms with Gasteiger partial charge in [-0.1, -0.05) is 19.9 Å². The number of carboxylic acids is 1. The van der Waals surface area contributed by atoms with Crippen molar-refractivity contribution in [1.82, 2.24) is 4.98 Å². The zero-order valence-electron chi connectivity index (χ0n) is 8.57. The number of carboxylic acid groups (broad SMARTS) is 1. The first-order valence-electron chi connectivity index (χ1n) is 4.47. The molecule has 0 aromatic carbocycles. The zero-order valence-corrected chi connectivity index (χ0v) is 10.2. The lowest BCUT2D eigenvalue weighted by Gasteiger charge is -2.28. The quantitative estimate of drug-likeness (QED) is 0.819. The number of pyridine rings is 1. The van der Waals surface area contributed by atoms with Crippen LogP contribution in [0.15, 0.2) is 22.8 Å². The number of nitrogens with zero attached hydrogens (tertiary/aromatic N) is 1. The molecule has 0 radical (unpaired) electrons. The van der Waals surface area contributed by atoms with Crippen LogP contribution in [0, 0.1) is 0 Å². The summed E-state index contributed by atoms with van der Waals surface area (Å²) < 4.78 is 0.672. The number of aliphatic carboxylic acids is 1. The predicted octanol–water partition coefficient (Wildman–Crippen LogP) is 1.53. The molecule has 1 atom stereocenters. The third-order valence-electron chi connectivity index (χ3n) is 2.42. The largest absolute Gasteiger partial charge is 0.480 e. The number of hydrogen-bond acceptors (Lipinski definition) is 3. The Bertz CT molecular complexity index is 379. The van der Waals surface area contributed by atoms with Gasteiger partial charge in [-0.25, -0.2) is 4.98 Å². The van der Waals surface area contributed by atoms with E-state index in [1.165, 1.54) is 0 Å². The van der Waals surface area contributed by atoms with Gasteiger partial charge >= 0.3 is 5.97 Å². The standard InChI is InChI=1S/C10H13BrN2O2/c1-10(2,8(12)9(14)15)6-4-3-5-7(11)13-6/h3-5,8H,12H2,1-2H3,(H,14,15). The first-order valence-corrected chi connectivity index (χ1v) is 5.26. The third-order valence-corrected chi connectivity index (χ3v) is 2.86. The van der Waals surface area contributed by atoms with Crippen molar-refractivity contribution in [3.63, 3.8) is 0 Å². The summed E-state index contributed by atoms with van der Waals surface area (Å²) in [4.78, 5) is 15.1. The Morgan fingerprint density at radius 1 is 1.60 bits per heavy atom. The molecule has 3 N–H and O–H groups in total. The van der Waals surface area contributed by atoms with Crippen LogP contribution in [0.2, 0.25) is 0 Å². The minimum absolute atomic E-state index is 0.659. The molecule has 1 rings (SSSR count). The maximum atomic E-state index is 10.8. The second-order valence-corrected chi connectivity index (χ2v) is 4.70.